The van der Waals surface area contributed by atoms with Crippen LogP contribution < -0.4 is 5.32 Å². The normalized spacial score (nSPS) is 10.7. The minimum atomic E-state index is -0.636. The fourth-order valence-corrected chi connectivity index (χ4v) is 3.19. The van der Waals surface area contributed by atoms with Crippen molar-refractivity contribution < 1.29 is 14.3 Å². The van der Waals surface area contributed by atoms with Crippen LogP contribution in [0.15, 0.2) is 67.1 Å². The fraction of sp³-hybridized carbons (Fsp3) is 0.136. The van der Waals surface area contributed by atoms with Gasteiger partial charge < -0.3 is 10.1 Å². The van der Waals surface area contributed by atoms with Crippen LogP contribution in [0.3, 0.4) is 0 Å². The van der Waals surface area contributed by atoms with Crippen molar-refractivity contribution in [2.24, 2.45) is 0 Å². The average molecular weight is 401 g/mol. The van der Waals surface area contributed by atoms with Gasteiger partial charge in [0.05, 0.1) is 11.3 Å². The molecule has 0 aliphatic rings. The number of hydrogen-bond donors (Lipinski definition) is 1. The van der Waals surface area contributed by atoms with Crippen LogP contribution in [0, 0.1) is 0 Å². The third-order valence-corrected chi connectivity index (χ3v) is 4.58. The molecule has 0 spiro atoms. The molecule has 2 aromatic carbocycles. The van der Waals surface area contributed by atoms with Gasteiger partial charge in [-0.25, -0.2) is 14.3 Å². The van der Waals surface area contributed by atoms with Crippen molar-refractivity contribution in [3.63, 3.8) is 0 Å². The Hall–Kier alpha value is -4.07. The second-order valence-corrected chi connectivity index (χ2v) is 6.48. The molecule has 1 amide bonds. The molecule has 0 atom stereocenters. The second-order valence-electron chi connectivity index (χ2n) is 6.48. The van der Waals surface area contributed by atoms with Crippen LogP contribution in [0.25, 0.3) is 16.9 Å². The van der Waals surface area contributed by atoms with Crippen molar-refractivity contribution in [3.05, 3.63) is 78.4 Å². The molecule has 0 aliphatic heterocycles. The van der Waals surface area contributed by atoms with Gasteiger partial charge in [0.25, 0.3) is 11.7 Å². The number of carbonyl (C=O) groups is 2. The number of rotatable bonds is 6. The third-order valence-electron chi connectivity index (χ3n) is 4.58. The van der Waals surface area contributed by atoms with E-state index in [-0.39, 0.29) is 5.56 Å². The van der Waals surface area contributed by atoms with Crippen LogP contribution in [0.2, 0.25) is 0 Å². The molecular weight excluding hydrogens is 382 g/mol. The van der Waals surface area contributed by atoms with Crippen molar-refractivity contribution in [3.8, 4) is 11.1 Å². The summed E-state index contributed by atoms with van der Waals surface area (Å²) >= 11 is 0. The van der Waals surface area contributed by atoms with Crippen LogP contribution in [-0.2, 0) is 16.0 Å². The quantitative estimate of drug-likeness (QED) is 0.499. The number of para-hydroxylation sites is 1. The fourth-order valence-electron chi connectivity index (χ4n) is 3.19. The first kappa shape index (κ1) is 19.3. The van der Waals surface area contributed by atoms with Crippen molar-refractivity contribution in [2.75, 3.05) is 11.9 Å². The molecule has 2 heterocycles. The lowest BCUT2D eigenvalue weighted by atomic mass is 10.0. The number of amides is 1. The second kappa shape index (κ2) is 8.52. The minimum absolute atomic E-state index is 0.257. The molecule has 0 saturated heterocycles. The van der Waals surface area contributed by atoms with Gasteiger partial charge in [0.2, 0.25) is 0 Å². The summed E-state index contributed by atoms with van der Waals surface area (Å²) in [6.45, 7) is 1.47. The zero-order valence-corrected chi connectivity index (χ0v) is 16.3. The molecule has 4 rings (SSSR count). The van der Waals surface area contributed by atoms with Crippen LogP contribution in [0.1, 0.15) is 23.0 Å². The summed E-state index contributed by atoms with van der Waals surface area (Å²) in [5.41, 5.74) is 3.38. The van der Waals surface area contributed by atoms with E-state index in [2.05, 4.69) is 20.4 Å². The van der Waals surface area contributed by atoms with Gasteiger partial charge in [-0.3, -0.25) is 4.79 Å². The van der Waals surface area contributed by atoms with E-state index in [0.29, 0.717) is 23.6 Å². The van der Waals surface area contributed by atoms with Crippen LogP contribution >= 0.6 is 0 Å². The van der Waals surface area contributed by atoms with Gasteiger partial charge in [-0.15, -0.1) is 0 Å². The van der Waals surface area contributed by atoms with E-state index in [0.717, 1.165) is 11.1 Å². The maximum atomic E-state index is 12.5. The Morgan fingerprint density at radius 3 is 2.60 bits per heavy atom. The molecule has 0 unspecified atom stereocenters. The Bertz CT molecular complexity index is 1200. The number of hydrogen-bond acceptors (Lipinski definition) is 6. The molecule has 2 aromatic heterocycles. The summed E-state index contributed by atoms with van der Waals surface area (Å²) in [5, 5.41) is 6.89. The Kier molecular flexibility index (Phi) is 5.47. The monoisotopic (exact) mass is 401 g/mol. The molecule has 1 N–H and O–H groups in total. The average Bonchev–Trinajstić information content (AvgIpc) is 3.27. The summed E-state index contributed by atoms with van der Waals surface area (Å²) in [6, 6.07) is 17.2. The molecule has 30 heavy (non-hydrogen) atoms. The smallest absolute Gasteiger partial charge is 0.342 e. The number of fused-ring (bicyclic) bond motifs is 1. The number of benzene rings is 2. The van der Waals surface area contributed by atoms with Gasteiger partial charge in [0.1, 0.15) is 6.33 Å². The highest BCUT2D eigenvalue weighted by Crippen LogP contribution is 2.27. The molecule has 0 bridgehead atoms. The Balaban J connectivity index is 1.46. The first-order valence-electron chi connectivity index (χ1n) is 9.46. The van der Waals surface area contributed by atoms with Gasteiger partial charge in [-0.2, -0.15) is 10.1 Å². The number of aryl methyl sites for hydroxylation is 1. The van der Waals surface area contributed by atoms with E-state index in [1.54, 1.807) is 6.07 Å². The van der Waals surface area contributed by atoms with Gasteiger partial charge in [-0.1, -0.05) is 55.5 Å². The molecule has 0 saturated carbocycles. The molecule has 0 aliphatic carbocycles. The summed E-state index contributed by atoms with van der Waals surface area (Å²) < 4.78 is 6.72. The predicted molar refractivity (Wildman–Crippen MR) is 111 cm³/mol. The number of esters is 1. The Morgan fingerprint density at radius 2 is 1.80 bits per heavy atom. The SMILES string of the molecule is CCc1c(C(=O)OCC(=O)Nc2ccccc2-c2ccccc2)cnc2ncnn12. The number of carbonyl (C=O) groups excluding carboxylic acids is 2. The number of aromatic nitrogens is 4. The van der Waals surface area contributed by atoms with Crippen LogP contribution in [-0.4, -0.2) is 38.1 Å². The van der Waals surface area contributed by atoms with E-state index >= 15 is 0 Å². The first-order valence-corrected chi connectivity index (χ1v) is 9.46. The predicted octanol–water partition coefficient (Wildman–Crippen LogP) is 3.15. The summed E-state index contributed by atoms with van der Waals surface area (Å²) in [7, 11) is 0. The molecule has 8 heteroatoms. The lowest BCUT2D eigenvalue weighted by Crippen LogP contribution is -2.22. The van der Waals surface area contributed by atoms with E-state index in [4.69, 9.17) is 4.74 Å². The highest BCUT2D eigenvalue weighted by atomic mass is 16.5. The standard InChI is InChI=1S/C22H19N5O3/c1-2-19-17(12-23-22-24-14-25-27(19)22)21(29)30-13-20(28)26-18-11-7-6-10-16(18)15-8-4-3-5-9-15/h3-12,14H,2,13H2,1H3,(H,26,28). The lowest BCUT2D eigenvalue weighted by molar-refractivity contribution is -0.119. The van der Waals surface area contributed by atoms with Crippen molar-refractivity contribution in [1.82, 2.24) is 19.6 Å². The van der Waals surface area contributed by atoms with Crippen LogP contribution in [0.4, 0.5) is 5.69 Å². The number of nitrogens with zero attached hydrogens (tertiary/aromatic N) is 4. The van der Waals surface area contributed by atoms with Gasteiger partial charge >= 0.3 is 5.97 Å². The highest BCUT2D eigenvalue weighted by molar-refractivity contribution is 5.98. The van der Waals surface area contributed by atoms with E-state index in [1.165, 1.54) is 17.0 Å². The largest absolute Gasteiger partial charge is 0.452 e. The molecule has 0 radical (unpaired) electrons. The maximum absolute atomic E-state index is 12.5. The summed E-state index contributed by atoms with van der Waals surface area (Å²) in [4.78, 5) is 33.1. The van der Waals surface area contributed by atoms with Crippen molar-refractivity contribution in [2.45, 2.75) is 13.3 Å². The number of anilines is 1. The Labute approximate surface area is 172 Å². The molecule has 4 aromatic rings. The third kappa shape index (κ3) is 3.88. The van der Waals surface area contributed by atoms with E-state index < -0.39 is 18.5 Å². The molecular formula is C22H19N5O3. The Morgan fingerprint density at radius 1 is 1.03 bits per heavy atom. The molecule has 8 nitrogen and oxygen atoms in total. The van der Waals surface area contributed by atoms with E-state index in [1.807, 2.05) is 55.5 Å². The summed E-state index contributed by atoms with van der Waals surface area (Å²) in [5.74, 6) is -0.665. The van der Waals surface area contributed by atoms with E-state index in [9.17, 15) is 9.59 Å². The highest BCUT2D eigenvalue weighted by Gasteiger charge is 2.18. The zero-order valence-electron chi connectivity index (χ0n) is 16.3. The lowest BCUT2D eigenvalue weighted by Gasteiger charge is -2.12. The van der Waals surface area contributed by atoms with Crippen molar-refractivity contribution in [1.29, 1.82) is 0 Å². The minimum Gasteiger partial charge on any atom is -0.452 e. The number of nitrogens with one attached hydrogen (secondary N) is 1. The van der Waals surface area contributed by atoms with Crippen LogP contribution in [0.5, 0.6) is 0 Å². The maximum Gasteiger partial charge on any atom is 0.342 e. The molecule has 150 valence electrons. The van der Waals surface area contributed by atoms with Gasteiger partial charge in [-0.05, 0) is 18.1 Å². The number of ether oxygens (including phenoxy) is 1. The molecule has 0 fully saturated rings. The summed E-state index contributed by atoms with van der Waals surface area (Å²) in [6.07, 6.45) is 3.30. The topological polar surface area (TPSA) is 98.5 Å². The van der Waals surface area contributed by atoms with Gasteiger partial charge in [0, 0.05) is 17.4 Å². The van der Waals surface area contributed by atoms with Crippen molar-refractivity contribution >= 4 is 23.3 Å². The first-order chi connectivity index (χ1) is 14.7. The van der Waals surface area contributed by atoms with Gasteiger partial charge in [0.15, 0.2) is 6.61 Å². The zero-order chi connectivity index (χ0) is 20.9.